The molecule has 8 heteroatoms. The van der Waals surface area contributed by atoms with Crippen LogP contribution >= 0.6 is 0 Å². The van der Waals surface area contributed by atoms with Crippen LogP contribution in [0.2, 0.25) is 0 Å². The smallest absolute Gasteiger partial charge is 0.273 e. The Bertz CT molecular complexity index is 806. The van der Waals surface area contributed by atoms with Crippen LogP contribution in [0, 0.1) is 6.92 Å². The van der Waals surface area contributed by atoms with Crippen molar-refractivity contribution in [2.24, 2.45) is 5.10 Å². The van der Waals surface area contributed by atoms with E-state index in [4.69, 9.17) is 0 Å². The highest BCUT2D eigenvalue weighted by Crippen LogP contribution is 2.00. The first kappa shape index (κ1) is 15.4. The van der Waals surface area contributed by atoms with Gasteiger partial charge in [-0.3, -0.25) is 14.6 Å². The van der Waals surface area contributed by atoms with E-state index in [2.05, 4.69) is 20.7 Å². The Labute approximate surface area is 125 Å². The Hall–Kier alpha value is -3.03. The molecule has 0 aliphatic rings. The van der Waals surface area contributed by atoms with Crippen molar-refractivity contribution in [3.63, 3.8) is 0 Å². The quantitative estimate of drug-likeness (QED) is 0.525. The minimum atomic E-state index is -0.680. The number of carbonyl (C=O) groups excluding carboxylic acids is 1. The first-order valence-electron chi connectivity index (χ1n) is 6.61. The SMILES string of the molecule is Cc1cccc(C=NNC(=O)CCc2n[nH]c(=O)[nH]c2=O)c1. The van der Waals surface area contributed by atoms with Crippen molar-refractivity contribution >= 4 is 12.1 Å². The van der Waals surface area contributed by atoms with Crippen molar-refractivity contribution in [1.82, 2.24) is 20.6 Å². The number of hydrogen-bond donors (Lipinski definition) is 3. The molecule has 0 aliphatic heterocycles. The highest BCUT2D eigenvalue weighted by Gasteiger charge is 2.06. The molecule has 0 radical (unpaired) electrons. The number of aromatic amines is 2. The van der Waals surface area contributed by atoms with Crippen molar-refractivity contribution in [3.8, 4) is 0 Å². The summed E-state index contributed by atoms with van der Waals surface area (Å²) >= 11 is 0. The van der Waals surface area contributed by atoms with E-state index in [0.717, 1.165) is 11.1 Å². The van der Waals surface area contributed by atoms with E-state index in [9.17, 15) is 14.4 Å². The number of aryl methyl sites for hydroxylation is 2. The number of hydrazone groups is 1. The molecule has 0 atom stereocenters. The Morgan fingerprint density at radius 2 is 2.23 bits per heavy atom. The van der Waals surface area contributed by atoms with E-state index in [1.165, 1.54) is 6.21 Å². The van der Waals surface area contributed by atoms with Gasteiger partial charge in [-0.05, 0) is 12.5 Å². The van der Waals surface area contributed by atoms with Crippen LogP contribution in [-0.4, -0.2) is 27.3 Å². The number of aromatic nitrogens is 3. The van der Waals surface area contributed by atoms with Crippen LogP contribution in [0.25, 0.3) is 0 Å². The third-order valence-electron chi connectivity index (χ3n) is 2.82. The van der Waals surface area contributed by atoms with Crippen LogP contribution in [0.3, 0.4) is 0 Å². The number of H-pyrrole nitrogens is 2. The summed E-state index contributed by atoms with van der Waals surface area (Å²) in [5.74, 6) is -0.351. The standard InChI is InChI=1S/C14H15N5O3/c1-9-3-2-4-10(7-9)8-15-18-12(20)6-5-11-13(21)16-14(22)19-17-11/h2-4,7-8H,5-6H2,1H3,(H,18,20)(H2,16,19,21,22). The largest absolute Gasteiger partial charge is 0.342 e. The zero-order valence-corrected chi connectivity index (χ0v) is 11.9. The summed E-state index contributed by atoms with van der Waals surface area (Å²) in [6.45, 7) is 1.96. The lowest BCUT2D eigenvalue weighted by Crippen LogP contribution is -2.28. The molecule has 2 aromatic rings. The lowest BCUT2D eigenvalue weighted by molar-refractivity contribution is -0.121. The van der Waals surface area contributed by atoms with Crippen LogP contribution < -0.4 is 16.7 Å². The molecule has 3 N–H and O–H groups in total. The van der Waals surface area contributed by atoms with Gasteiger partial charge in [0.1, 0.15) is 5.69 Å². The topological polar surface area (TPSA) is 120 Å². The molecule has 22 heavy (non-hydrogen) atoms. The maximum absolute atomic E-state index is 11.6. The summed E-state index contributed by atoms with van der Waals surface area (Å²) < 4.78 is 0. The van der Waals surface area contributed by atoms with Gasteiger partial charge in [-0.1, -0.05) is 29.8 Å². The molecule has 1 amide bonds. The molecule has 1 aromatic heterocycles. The highest BCUT2D eigenvalue weighted by atomic mass is 16.2. The Balaban J connectivity index is 1.85. The van der Waals surface area contributed by atoms with Gasteiger partial charge in [-0.2, -0.15) is 10.2 Å². The monoisotopic (exact) mass is 301 g/mol. The van der Waals surface area contributed by atoms with Crippen molar-refractivity contribution in [1.29, 1.82) is 0 Å². The molecule has 0 saturated heterocycles. The number of benzene rings is 1. The number of carbonyl (C=O) groups is 1. The number of rotatable bonds is 5. The van der Waals surface area contributed by atoms with Gasteiger partial charge in [0.2, 0.25) is 5.91 Å². The molecule has 2 rings (SSSR count). The van der Waals surface area contributed by atoms with E-state index in [0.29, 0.717) is 0 Å². The average Bonchev–Trinajstić information content (AvgIpc) is 2.46. The lowest BCUT2D eigenvalue weighted by Gasteiger charge is -1.99. The van der Waals surface area contributed by atoms with E-state index in [-0.39, 0.29) is 24.4 Å². The number of hydrogen-bond acceptors (Lipinski definition) is 5. The number of nitrogens with one attached hydrogen (secondary N) is 3. The van der Waals surface area contributed by atoms with Crippen LogP contribution in [0.4, 0.5) is 0 Å². The zero-order valence-electron chi connectivity index (χ0n) is 11.9. The predicted octanol–water partition coefficient (Wildman–Crippen LogP) is -0.150. The fraction of sp³-hybridized carbons (Fsp3) is 0.214. The summed E-state index contributed by atoms with van der Waals surface area (Å²) in [7, 11) is 0. The van der Waals surface area contributed by atoms with Crippen LogP contribution in [0.1, 0.15) is 23.2 Å². The number of nitrogens with zero attached hydrogens (tertiary/aromatic N) is 2. The van der Waals surface area contributed by atoms with Crippen LogP contribution in [0.15, 0.2) is 39.0 Å². The molecule has 114 valence electrons. The number of amides is 1. The van der Waals surface area contributed by atoms with Gasteiger partial charge in [0.25, 0.3) is 5.56 Å². The molecule has 0 bridgehead atoms. The second-order valence-electron chi connectivity index (χ2n) is 4.66. The lowest BCUT2D eigenvalue weighted by atomic mass is 10.2. The maximum Gasteiger partial charge on any atom is 0.342 e. The van der Waals surface area contributed by atoms with Gasteiger partial charge in [-0.15, -0.1) is 0 Å². The van der Waals surface area contributed by atoms with Gasteiger partial charge in [0.15, 0.2) is 0 Å². The first-order chi connectivity index (χ1) is 10.5. The molecule has 0 aliphatic carbocycles. The molecule has 1 aromatic carbocycles. The summed E-state index contributed by atoms with van der Waals surface area (Å²) in [5, 5.41) is 9.54. The summed E-state index contributed by atoms with van der Waals surface area (Å²) in [6.07, 6.45) is 1.68. The molecule has 1 heterocycles. The first-order valence-corrected chi connectivity index (χ1v) is 6.61. The summed E-state index contributed by atoms with van der Waals surface area (Å²) in [5.41, 5.74) is 3.16. The maximum atomic E-state index is 11.6. The molecule has 0 spiro atoms. The van der Waals surface area contributed by atoms with E-state index in [1.54, 1.807) is 0 Å². The normalized spacial score (nSPS) is 10.8. The Kier molecular flexibility index (Phi) is 4.97. The third-order valence-corrected chi connectivity index (χ3v) is 2.82. The second-order valence-corrected chi connectivity index (χ2v) is 4.66. The minimum Gasteiger partial charge on any atom is -0.273 e. The van der Waals surface area contributed by atoms with Gasteiger partial charge in [0.05, 0.1) is 6.21 Å². The van der Waals surface area contributed by atoms with Crippen LogP contribution in [0.5, 0.6) is 0 Å². The predicted molar refractivity (Wildman–Crippen MR) is 80.7 cm³/mol. The van der Waals surface area contributed by atoms with Gasteiger partial charge in [-0.25, -0.2) is 15.3 Å². The van der Waals surface area contributed by atoms with Gasteiger partial charge >= 0.3 is 5.69 Å². The molecule has 0 fully saturated rings. The van der Waals surface area contributed by atoms with E-state index < -0.39 is 11.2 Å². The fourth-order valence-corrected chi connectivity index (χ4v) is 1.76. The van der Waals surface area contributed by atoms with Crippen molar-refractivity contribution in [2.75, 3.05) is 0 Å². The molecule has 0 saturated carbocycles. The highest BCUT2D eigenvalue weighted by molar-refractivity contribution is 5.82. The van der Waals surface area contributed by atoms with E-state index >= 15 is 0 Å². The zero-order chi connectivity index (χ0) is 15.9. The van der Waals surface area contributed by atoms with Crippen molar-refractivity contribution < 1.29 is 4.79 Å². The van der Waals surface area contributed by atoms with Crippen molar-refractivity contribution in [3.05, 3.63) is 61.9 Å². The van der Waals surface area contributed by atoms with Crippen molar-refractivity contribution in [2.45, 2.75) is 19.8 Å². The average molecular weight is 301 g/mol. The molecular formula is C14H15N5O3. The van der Waals surface area contributed by atoms with Gasteiger partial charge in [0, 0.05) is 12.8 Å². The van der Waals surface area contributed by atoms with Crippen LogP contribution in [-0.2, 0) is 11.2 Å². The molecular weight excluding hydrogens is 286 g/mol. The van der Waals surface area contributed by atoms with Gasteiger partial charge < -0.3 is 0 Å². The Morgan fingerprint density at radius 3 is 2.95 bits per heavy atom. The third kappa shape index (κ3) is 4.51. The Morgan fingerprint density at radius 1 is 1.41 bits per heavy atom. The summed E-state index contributed by atoms with van der Waals surface area (Å²) in [6, 6.07) is 7.66. The molecule has 0 unspecified atom stereocenters. The van der Waals surface area contributed by atoms with E-state index in [1.807, 2.05) is 36.2 Å². The fourth-order valence-electron chi connectivity index (χ4n) is 1.76. The summed E-state index contributed by atoms with van der Waals surface area (Å²) in [4.78, 5) is 35.8. The second kappa shape index (κ2) is 7.11. The minimum absolute atomic E-state index is 0.0350. The molecule has 8 nitrogen and oxygen atoms in total.